The lowest BCUT2D eigenvalue weighted by Gasteiger charge is -2.22. The lowest BCUT2D eigenvalue weighted by molar-refractivity contribution is -0.131. The number of hydrogen-bond acceptors (Lipinski definition) is 3. The molecule has 1 N–H and O–H groups in total. The van der Waals surface area contributed by atoms with Crippen molar-refractivity contribution >= 4 is 27.9 Å². The zero-order valence-corrected chi connectivity index (χ0v) is 17.2. The van der Waals surface area contributed by atoms with Gasteiger partial charge in [-0.3, -0.25) is 9.69 Å². The Labute approximate surface area is 171 Å². The largest absolute Gasteiger partial charge is 0.489 e. The SMILES string of the molecule is C=C(C)COc1ccc(C2(C)NC(=O)N(Cc3ccc(Br)cc3F)C2=O)cc1. The van der Waals surface area contributed by atoms with Crippen molar-refractivity contribution in [1.82, 2.24) is 10.2 Å². The molecule has 3 rings (SSSR count). The van der Waals surface area contributed by atoms with Crippen LogP contribution in [-0.4, -0.2) is 23.4 Å². The first-order chi connectivity index (χ1) is 13.2. The van der Waals surface area contributed by atoms with Crippen LogP contribution in [-0.2, 0) is 16.9 Å². The quantitative estimate of drug-likeness (QED) is 0.524. The Morgan fingerprint density at radius 3 is 2.54 bits per heavy atom. The van der Waals surface area contributed by atoms with Gasteiger partial charge in [-0.1, -0.05) is 40.7 Å². The minimum atomic E-state index is -1.23. The third-order valence-electron chi connectivity index (χ3n) is 4.54. The van der Waals surface area contributed by atoms with Crippen LogP contribution in [0.1, 0.15) is 25.0 Å². The molecular weight excluding hydrogens is 427 g/mol. The van der Waals surface area contributed by atoms with Gasteiger partial charge in [-0.05, 0) is 49.2 Å². The predicted molar refractivity (Wildman–Crippen MR) is 107 cm³/mol. The molecule has 1 saturated heterocycles. The number of ether oxygens (including phenoxy) is 1. The lowest BCUT2D eigenvalue weighted by Crippen LogP contribution is -2.40. The smallest absolute Gasteiger partial charge is 0.325 e. The van der Waals surface area contributed by atoms with E-state index in [-0.39, 0.29) is 12.1 Å². The van der Waals surface area contributed by atoms with Crippen LogP contribution in [0.5, 0.6) is 5.75 Å². The Hall–Kier alpha value is -2.67. The van der Waals surface area contributed by atoms with Gasteiger partial charge in [0.05, 0.1) is 6.54 Å². The molecule has 28 heavy (non-hydrogen) atoms. The number of urea groups is 1. The summed E-state index contributed by atoms with van der Waals surface area (Å²) in [6.45, 7) is 7.54. The highest BCUT2D eigenvalue weighted by Gasteiger charge is 2.49. The van der Waals surface area contributed by atoms with Crippen molar-refractivity contribution in [3.63, 3.8) is 0 Å². The minimum absolute atomic E-state index is 0.140. The molecule has 0 saturated carbocycles. The zero-order chi connectivity index (χ0) is 20.5. The average molecular weight is 447 g/mol. The number of imide groups is 1. The molecule has 2 aromatic carbocycles. The molecule has 2 aromatic rings. The number of halogens is 2. The van der Waals surface area contributed by atoms with E-state index in [0.29, 0.717) is 22.4 Å². The first kappa shape index (κ1) is 20.1. The standard InChI is InChI=1S/C21H20BrFN2O3/c1-13(2)12-28-17-8-5-15(6-9-17)21(3)19(26)25(20(27)24-21)11-14-4-7-16(22)10-18(14)23/h4-10H,1,11-12H2,2-3H3,(H,24,27). The summed E-state index contributed by atoms with van der Waals surface area (Å²) in [6.07, 6.45) is 0. The van der Waals surface area contributed by atoms with Crippen LogP contribution in [0.25, 0.3) is 0 Å². The maximum atomic E-state index is 14.1. The Morgan fingerprint density at radius 2 is 1.93 bits per heavy atom. The van der Waals surface area contributed by atoms with Gasteiger partial charge in [0.2, 0.25) is 0 Å². The Bertz CT molecular complexity index is 945. The van der Waals surface area contributed by atoms with Crippen LogP contribution < -0.4 is 10.1 Å². The van der Waals surface area contributed by atoms with E-state index in [2.05, 4.69) is 27.8 Å². The second kappa shape index (κ2) is 7.75. The highest BCUT2D eigenvalue weighted by molar-refractivity contribution is 9.10. The van der Waals surface area contributed by atoms with Crippen LogP contribution in [0, 0.1) is 5.82 Å². The maximum absolute atomic E-state index is 14.1. The second-order valence-electron chi connectivity index (χ2n) is 6.95. The molecular formula is C21H20BrFN2O3. The van der Waals surface area contributed by atoms with E-state index in [1.165, 1.54) is 6.07 Å². The van der Waals surface area contributed by atoms with Crippen molar-refractivity contribution in [1.29, 1.82) is 0 Å². The summed E-state index contributed by atoms with van der Waals surface area (Å²) in [5, 5.41) is 2.72. The summed E-state index contributed by atoms with van der Waals surface area (Å²) in [5.41, 5.74) is 0.549. The zero-order valence-electron chi connectivity index (χ0n) is 15.6. The fraction of sp³-hybridized carbons (Fsp3) is 0.238. The van der Waals surface area contributed by atoms with E-state index in [0.717, 1.165) is 10.5 Å². The molecule has 0 spiro atoms. The Balaban J connectivity index is 1.80. The molecule has 0 bridgehead atoms. The summed E-state index contributed by atoms with van der Waals surface area (Å²) in [7, 11) is 0. The number of rotatable bonds is 6. The molecule has 1 fully saturated rings. The number of amides is 3. The predicted octanol–water partition coefficient (Wildman–Crippen LogP) is 4.51. The van der Waals surface area contributed by atoms with Crippen molar-refractivity contribution in [3.05, 3.63) is 76.0 Å². The molecule has 0 aliphatic carbocycles. The number of hydrogen-bond donors (Lipinski definition) is 1. The van der Waals surface area contributed by atoms with E-state index < -0.39 is 23.3 Å². The maximum Gasteiger partial charge on any atom is 0.325 e. The first-order valence-electron chi connectivity index (χ1n) is 8.66. The normalized spacial score (nSPS) is 18.9. The number of nitrogens with zero attached hydrogens (tertiary/aromatic N) is 1. The molecule has 7 heteroatoms. The van der Waals surface area contributed by atoms with E-state index >= 15 is 0 Å². The van der Waals surface area contributed by atoms with Crippen molar-refractivity contribution in [2.24, 2.45) is 0 Å². The summed E-state index contributed by atoms with van der Waals surface area (Å²) in [6, 6.07) is 10.9. The van der Waals surface area contributed by atoms with E-state index in [1.54, 1.807) is 43.3 Å². The van der Waals surface area contributed by atoms with Gasteiger partial charge >= 0.3 is 6.03 Å². The molecule has 1 aliphatic heterocycles. The molecule has 0 aromatic heterocycles. The molecule has 3 amide bonds. The Kier molecular flexibility index (Phi) is 5.56. The van der Waals surface area contributed by atoms with Crippen molar-refractivity contribution in [3.8, 4) is 5.75 Å². The molecule has 1 unspecified atom stereocenters. The molecule has 1 heterocycles. The lowest BCUT2D eigenvalue weighted by atomic mass is 9.92. The van der Waals surface area contributed by atoms with Crippen LogP contribution in [0.4, 0.5) is 9.18 Å². The van der Waals surface area contributed by atoms with Crippen LogP contribution in [0.2, 0.25) is 0 Å². The van der Waals surface area contributed by atoms with Crippen LogP contribution in [0.3, 0.4) is 0 Å². The first-order valence-corrected chi connectivity index (χ1v) is 9.46. The number of benzene rings is 2. The second-order valence-corrected chi connectivity index (χ2v) is 7.87. The van der Waals surface area contributed by atoms with E-state index in [4.69, 9.17) is 4.74 Å². The van der Waals surface area contributed by atoms with Gasteiger partial charge in [-0.2, -0.15) is 0 Å². The topological polar surface area (TPSA) is 58.6 Å². The van der Waals surface area contributed by atoms with Gasteiger partial charge in [-0.25, -0.2) is 9.18 Å². The fourth-order valence-electron chi connectivity index (χ4n) is 2.95. The van der Waals surface area contributed by atoms with Gasteiger partial charge in [0, 0.05) is 10.0 Å². The van der Waals surface area contributed by atoms with E-state index in [1.807, 2.05) is 6.92 Å². The fourth-order valence-corrected chi connectivity index (χ4v) is 3.28. The van der Waals surface area contributed by atoms with E-state index in [9.17, 15) is 14.0 Å². The number of carbonyl (C=O) groups excluding carboxylic acids is 2. The molecule has 1 aliphatic rings. The molecule has 0 radical (unpaired) electrons. The molecule has 1 atom stereocenters. The molecule has 146 valence electrons. The average Bonchev–Trinajstić information content (AvgIpc) is 2.86. The monoisotopic (exact) mass is 446 g/mol. The summed E-state index contributed by atoms with van der Waals surface area (Å²) < 4.78 is 20.3. The van der Waals surface area contributed by atoms with Crippen molar-refractivity contribution < 1.29 is 18.7 Å². The van der Waals surface area contributed by atoms with Crippen LogP contribution in [0.15, 0.2) is 59.1 Å². The van der Waals surface area contributed by atoms with Gasteiger partial charge in [0.25, 0.3) is 5.91 Å². The van der Waals surface area contributed by atoms with Gasteiger partial charge < -0.3 is 10.1 Å². The van der Waals surface area contributed by atoms with Gasteiger partial charge in [-0.15, -0.1) is 0 Å². The van der Waals surface area contributed by atoms with Crippen molar-refractivity contribution in [2.45, 2.75) is 25.9 Å². The van der Waals surface area contributed by atoms with Gasteiger partial charge in [0.1, 0.15) is 23.7 Å². The summed E-state index contributed by atoms with van der Waals surface area (Å²) >= 11 is 3.19. The Morgan fingerprint density at radius 1 is 1.25 bits per heavy atom. The molecule has 5 nitrogen and oxygen atoms in total. The van der Waals surface area contributed by atoms with Crippen LogP contribution >= 0.6 is 15.9 Å². The summed E-state index contributed by atoms with van der Waals surface area (Å²) in [4.78, 5) is 26.4. The summed E-state index contributed by atoms with van der Waals surface area (Å²) in [5.74, 6) is -0.279. The van der Waals surface area contributed by atoms with Crippen molar-refractivity contribution in [2.75, 3.05) is 6.61 Å². The number of nitrogens with one attached hydrogen (secondary N) is 1. The van der Waals surface area contributed by atoms with Gasteiger partial charge in [0.15, 0.2) is 0 Å². The number of carbonyl (C=O) groups is 2. The highest BCUT2D eigenvalue weighted by Crippen LogP contribution is 2.31. The minimum Gasteiger partial charge on any atom is -0.489 e. The third-order valence-corrected chi connectivity index (χ3v) is 5.03. The highest BCUT2D eigenvalue weighted by atomic mass is 79.9. The third kappa shape index (κ3) is 3.94.